The third kappa shape index (κ3) is 6.13. The van der Waals surface area contributed by atoms with Gasteiger partial charge in [0.15, 0.2) is 23.9 Å². The molecule has 0 unspecified atom stereocenters. The van der Waals surface area contributed by atoms with Gasteiger partial charge in [-0.2, -0.15) is 5.26 Å². The molecule has 1 heterocycles. The molecule has 1 aromatic heterocycles. The van der Waals surface area contributed by atoms with Crippen LogP contribution in [-0.2, 0) is 4.79 Å². The molecule has 4 rings (SSSR count). The molecule has 1 amide bonds. The van der Waals surface area contributed by atoms with E-state index >= 15 is 0 Å². The zero-order chi connectivity index (χ0) is 26.2. The average molecular weight is 497 g/mol. The van der Waals surface area contributed by atoms with Gasteiger partial charge in [0.25, 0.3) is 11.5 Å². The molecule has 3 aromatic carbocycles. The number of amides is 1. The van der Waals surface area contributed by atoms with Crippen LogP contribution >= 0.6 is 0 Å². The lowest BCUT2D eigenvalue weighted by Gasteiger charge is -2.12. The molecule has 4 aromatic rings. The van der Waals surface area contributed by atoms with Gasteiger partial charge in [0.1, 0.15) is 11.8 Å². The number of nitrogens with zero attached hydrogens (tertiary/aromatic N) is 2. The number of para-hydroxylation sites is 1. The van der Waals surface area contributed by atoms with Crippen LogP contribution < -0.4 is 25.1 Å². The van der Waals surface area contributed by atoms with E-state index in [2.05, 4.69) is 21.4 Å². The maximum absolute atomic E-state index is 12.4. The number of aromatic amines is 1. The van der Waals surface area contributed by atoms with Crippen molar-refractivity contribution in [1.29, 1.82) is 5.26 Å². The number of allylic oxidation sites excluding steroid dienone is 1. The van der Waals surface area contributed by atoms with Crippen molar-refractivity contribution >= 4 is 34.1 Å². The summed E-state index contributed by atoms with van der Waals surface area (Å²) in [5, 5.41) is 12.9. The van der Waals surface area contributed by atoms with E-state index in [-0.39, 0.29) is 29.5 Å². The molecule has 186 valence electrons. The van der Waals surface area contributed by atoms with Gasteiger partial charge in [-0.1, -0.05) is 18.2 Å². The van der Waals surface area contributed by atoms with Crippen LogP contribution in [0.15, 0.2) is 71.5 Å². The van der Waals surface area contributed by atoms with Crippen molar-refractivity contribution in [3.63, 3.8) is 0 Å². The number of nitrogens with one attached hydrogen (secondary N) is 2. The number of hydrogen-bond donors (Lipinski definition) is 2. The van der Waals surface area contributed by atoms with E-state index in [4.69, 9.17) is 14.2 Å². The fourth-order valence-electron chi connectivity index (χ4n) is 3.57. The van der Waals surface area contributed by atoms with Crippen LogP contribution in [0.25, 0.3) is 22.6 Å². The SMILES string of the molecule is CCOc1ccc(NC(=O)COc2ccc(C=C(C#N)c3nc4ccccc4c(=O)[nH]3)cc2OC)cc1. The fourth-order valence-corrected chi connectivity index (χ4v) is 3.57. The number of H-pyrrole nitrogens is 1. The second kappa shape index (κ2) is 11.6. The predicted octanol–water partition coefficient (Wildman–Crippen LogP) is 4.41. The molecule has 0 atom stereocenters. The summed E-state index contributed by atoms with van der Waals surface area (Å²) in [4.78, 5) is 31.8. The van der Waals surface area contributed by atoms with Gasteiger partial charge in [-0.3, -0.25) is 9.59 Å². The molecule has 37 heavy (non-hydrogen) atoms. The van der Waals surface area contributed by atoms with Crippen molar-refractivity contribution in [2.45, 2.75) is 6.92 Å². The number of methoxy groups -OCH3 is 1. The van der Waals surface area contributed by atoms with Crippen LogP contribution in [0.1, 0.15) is 18.3 Å². The minimum absolute atomic E-state index is 0.163. The second-order valence-electron chi connectivity index (χ2n) is 7.81. The molecule has 9 nitrogen and oxygen atoms in total. The van der Waals surface area contributed by atoms with Crippen LogP contribution in [0.4, 0.5) is 5.69 Å². The van der Waals surface area contributed by atoms with E-state index < -0.39 is 0 Å². The number of ether oxygens (including phenoxy) is 3. The van der Waals surface area contributed by atoms with E-state index in [1.54, 1.807) is 72.8 Å². The Morgan fingerprint density at radius 3 is 2.59 bits per heavy atom. The molecule has 0 aliphatic rings. The average Bonchev–Trinajstić information content (AvgIpc) is 2.92. The van der Waals surface area contributed by atoms with E-state index in [0.717, 1.165) is 5.75 Å². The highest BCUT2D eigenvalue weighted by molar-refractivity contribution is 5.92. The number of nitriles is 1. The fraction of sp³-hybridized carbons (Fsp3) is 0.143. The molecule has 0 fully saturated rings. The van der Waals surface area contributed by atoms with Crippen molar-refractivity contribution in [3.8, 4) is 23.3 Å². The number of fused-ring (bicyclic) bond motifs is 1. The molecule has 0 spiro atoms. The Kier molecular flexibility index (Phi) is 7.81. The number of benzene rings is 3. The maximum atomic E-state index is 12.4. The number of anilines is 1. The minimum Gasteiger partial charge on any atom is -0.494 e. The van der Waals surface area contributed by atoms with E-state index in [9.17, 15) is 14.9 Å². The molecule has 0 saturated heterocycles. The molecule has 9 heteroatoms. The smallest absolute Gasteiger partial charge is 0.262 e. The first kappa shape index (κ1) is 25.0. The van der Waals surface area contributed by atoms with E-state index in [1.807, 2.05) is 6.92 Å². The van der Waals surface area contributed by atoms with Gasteiger partial charge in [-0.25, -0.2) is 4.98 Å². The topological polar surface area (TPSA) is 126 Å². The lowest BCUT2D eigenvalue weighted by molar-refractivity contribution is -0.118. The number of carbonyl (C=O) groups is 1. The Balaban J connectivity index is 1.47. The highest BCUT2D eigenvalue weighted by Gasteiger charge is 2.12. The molecule has 0 bridgehead atoms. The second-order valence-corrected chi connectivity index (χ2v) is 7.81. The molecule has 0 aliphatic heterocycles. The molecule has 0 saturated carbocycles. The summed E-state index contributed by atoms with van der Waals surface area (Å²) in [7, 11) is 1.48. The van der Waals surface area contributed by atoms with Gasteiger partial charge in [-0.05, 0) is 67.1 Å². The lowest BCUT2D eigenvalue weighted by Crippen LogP contribution is -2.20. The van der Waals surface area contributed by atoms with Crippen molar-refractivity contribution in [1.82, 2.24) is 9.97 Å². The highest BCUT2D eigenvalue weighted by atomic mass is 16.5. The van der Waals surface area contributed by atoms with Gasteiger partial charge in [-0.15, -0.1) is 0 Å². The van der Waals surface area contributed by atoms with Gasteiger partial charge in [0.2, 0.25) is 0 Å². The number of aromatic nitrogens is 2. The number of hydrogen-bond acceptors (Lipinski definition) is 7. The highest BCUT2D eigenvalue weighted by Crippen LogP contribution is 2.29. The number of rotatable bonds is 9. The summed E-state index contributed by atoms with van der Waals surface area (Å²) in [6, 6.07) is 21.0. The van der Waals surface area contributed by atoms with Gasteiger partial charge in [0, 0.05) is 5.69 Å². The standard InChI is InChI=1S/C28H24N4O5/c1-3-36-21-11-9-20(10-12-21)30-26(33)17-37-24-13-8-18(15-25(24)35-2)14-19(16-29)27-31-23-7-5-4-6-22(23)28(34)32-27/h4-15H,3,17H2,1-2H3,(H,30,33)(H,31,32,34). The van der Waals surface area contributed by atoms with E-state index in [0.29, 0.717) is 40.3 Å². The summed E-state index contributed by atoms with van der Waals surface area (Å²) in [5.74, 6) is 1.28. The molecule has 0 radical (unpaired) electrons. The zero-order valence-corrected chi connectivity index (χ0v) is 20.3. The quantitative estimate of drug-likeness (QED) is 0.329. The Morgan fingerprint density at radius 2 is 1.86 bits per heavy atom. The maximum Gasteiger partial charge on any atom is 0.262 e. The normalized spacial score (nSPS) is 11.0. The van der Waals surface area contributed by atoms with Crippen LogP contribution in [-0.4, -0.2) is 36.2 Å². The summed E-state index contributed by atoms with van der Waals surface area (Å²) >= 11 is 0. The monoisotopic (exact) mass is 496 g/mol. The minimum atomic E-state index is -0.340. The van der Waals surface area contributed by atoms with Crippen LogP contribution in [0, 0.1) is 11.3 Å². The molecule has 0 aliphatic carbocycles. The summed E-state index contributed by atoms with van der Waals surface area (Å²) in [5.41, 5.74) is 1.58. The Hall–Kier alpha value is -5.10. The largest absolute Gasteiger partial charge is 0.494 e. The van der Waals surface area contributed by atoms with Gasteiger partial charge < -0.3 is 24.5 Å². The summed E-state index contributed by atoms with van der Waals surface area (Å²) in [6.45, 7) is 2.23. The Morgan fingerprint density at radius 1 is 1.08 bits per heavy atom. The summed E-state index contributed by atoms with van der Waals surface area (Å²) in [6.07, 6.45) is 1.58. The molecular formula is C28H24N4O5. The molecular weight excluding hydrogens is 472 g/mol. The summed E-state index contributed by atoms with van der Waals surface area (Å²) < 4.78 is 16.5. The van der Waals surface area contributed by atoms with Crippen molar-refractivity contribution in [3.05, 3.63) is 88.5 Å². The van der Waals surface area contributed by atoms with Crippen LogP contribution in [0.2, 0.25) is 0 Å². The predicted molar refractivity (Wildman–Crippen MR) is 141 cm³/mol. The first-order chi connectivity index (χ1) is 18.0. The zero-order valence-electron chi connectivity index (χ0n) is 20.3. The lowest BCUT2D eigenvalue weighted by atomic mass is 10.1. The molecule has 2 N–H and O–H groups in total. The van der Waals surface area contributed by atoms with Crippen molar-refractivity contribution in [2.75, 3.05) is 25.6 Å². The van der Waals surface area contributed by atoms with Gasteiger partial charge in [0.05, 0.1) is 30.2 Å². The van der Waals surface area contributed by atoms with Gasteiger partial charge >= 0.3 is 0 Å². The van der Waals surface area contributed by atoms with Crippen molar-refractivity contribution in [2.24, 2.45) is 0 Å². The third-order valence-corrected chi connectivity index (χ3v) is 5.29. The van der Waals surface area contributed by atoms with Crippen LogP contribution in [0.5, 0.6) is 17.2 Å². The first-order valence-electron chi connectivity index (χ1n) is 11.5. The third-order valence-electron chi connectivity index (χ3n) is 5.29. The Labute approximate surface area is 213 Å². The van der Waals surface area contributed by atoms with E-state index in [1.165, 1.54) is 7.11 Å². The van der Waals surface area contributed by atoms with Crippen LogP contribution in [0.3, 0.4) is 0 Å². The Bertz CT molecular complexity index is 1550. The van der Waals surface area contributed by atoms with Crippen molar-refractivity contribution < 1.29 is 19.0 Å². The number of carbonyl (C=O) groups excluding carboxylic acids is 1. The first-order valence-corrected chi connectivity index (χ1v) is 11.5.